The van der Waals surface area contributed by atoms with Gasteiger partial charge in [-0.1, -0.05) is 66.2 Å². The fraction of sp³-hybridized carbons (Fsp3) is 0.385. The van der Waals surface area contributed by atoms with Gasteiger partial charge in [-0.05, 0) is 30.0 Å². The molecule has 6 rings (SSSR count). The summed E-state index contributed by atoms with van der Waals surface area (Å²) in [5.74, 6) is -0.715. The zero-order valence-corrected chi connectivity index (χ0v) is 17.7. The van der Waals surface area contributed by atoms with Crippen molar-refractivity contribution in [1.82, 2.24) is 9.80 Å². The summed E-state index contributed by atoms with van der Waals surface area (Å²) in [6, 6.07) is 16.6. The first-order valence-electron chi connectivity index (χ1n) is 11.1. The van der Waals surface area contributed by atoms with Crippen LogP contribution in [0.2, 0.25) is 0 Å². The summed E-state index contributed by atoms with van der Waals surface area (Å²) in [5.41, 5.74) is 4.21. The van der Waals surface area contributed by atoms with Crippen LogP contribution in [-0.2, 0) is 33.8 Å². The molecule has 2 aromatic carbocycles. The van der Waals surface area contributed by atoms with Gasteiger partial charge < -0.3 is 14.5 Å². The molecule has 5 nitrogen and oxygen atoms in total. The molecule has 0 N–H and O–H groups in total. The van der Waals surface area contributed by atoms with Crippen molar-refractivity contribution in [2.75, 3.05) is 13.1 Å². The molecule has 158 valence electrons. The Bertz CT molecular complexity index is 1070. The highest BCUT2D eigenvalue weighted by Crippen LogP contribution is 2.52. The van der Waals surface area contributed by atoms with E-state index in [1.165, 1.54) is 22.3 Å². The summed E-state index contributed by atoms with van der Waals surface area (Å²) in [7, 11) is 0. The highest BCUT2D eigenvalue weighted by atomic mass is 16.5. The van der Waals surface area contributed by atoms with E-state index in [-0.39, 0.29) is 17.9 Å². The maximum atomic E-state index is 13.6. The number of amides is 2. The lowest BCUT2D eigenvalue weighted by atomic mass is 9.76. The second-order valence-corrected chi connectivity index (χ2v) is 9.36. The maximum absolute atomic E-state index is 13.6. The van der Waals surface area contributed by atoms with Gasteiger partial charge in [0.2, 0.25) is 11.8 Å². The van der Waals surface area contributed by atoms with Crippen LogP contribution in [0.4, 0.5) is 0 Å². The molecule has 2 bridgehead atoms. The molecule has 2 fully saturated rings. The minimum Gasteiger partial charge on any atom is -0.360 e. The van der Waals surface area contributed by atoms with Crippen LogP contribution < -0.4 is 0 Å². The Morgan fingerprint density at radius 3 is 2.52 bits per heavy atom. The van der Waals surface area contributed by atoms with Crippen LogP contribution in [0.3, 0.4) is 0 Å². The van der Waals surface area contributed by atoms with E-state index < -0.39 is 17.4 Å². The zero-order chi connectivity index (χ0) is 21.2. The Balaban J connectivity index is 1.20. The fourth-order valence-electron chi connectivity index (χ4n) is 5.77. The van der Waals surface area contributed by atoms with Crippen molar-refractivity contribution in [2.45, 2.75) is 38.1 Å². The predicted octanol–water partition coefficient (Wildman–Crippen LogP) is 2.86. The average molecular weight is 415 g/mol. The van der Waals surface area contributed by atoms with Crippen LogP contribution in [0, 0.1) is 18.8 Å². The van der Waals surface area contributed by atoms with Crippen molar-refractivity contribution in [3.05, 3.63) is 82.9 Å². The lowest BCUT2D eigenvalue weighted by Gasteiger charge is -2.27. The fourth-order valence-corrected chi connectivity index (χ4v) is 5.77. The highest BCUT2D eigenvalue weighted by molar-refractivity contribution is 5.93. The van der Waals surface area contributed by atoms with E-state index in [4.69, 9.17) is 4.74 Å². The van der Waals surface area contributed by atoms with Gasteiger partial charge in [0.15, 0.2) is 0 Å². The first kappa shape index (κ1) is 18.8. The number of fused-ring (bicyclic) bond motifs is 2. The normalized spacial score (nSPS) is 30.2. The number of rotatable bonds is 4. The van der Waals surface area contributed by atoms with E-state index in [1.807, 2.05) is 34.1 Å². The molecule has 0 aliphatic carbocycles. The van der Waals surface area contributed by atoms with E-state index in [0.29, 0.717) is 26.2 Å². The van der Waals surface area contributed by atoms with Crippen molar-refractivity contribution in [2.24, 2.45) is 11.8 Å². The highest BCUT2D eigenvalue weighted by Gasteiger charge is 2.67. The van der Waals surface area contributed by atoms with Gasteiger partial charge in [-0.15, -0.1) is 0 Å². The number of benzene rings is 2. The molecular weight excluding hydrogens is 388 g/mol. The molecule has 1 spiro atoms. The number of hydrogen-bond donors (Lipinski definition) is 0. The van der Waals surface area contributed by atoms with E-state index in [1.54, 1.807) is 0 Å². The second kappa shape index (κ2) is 6.79. The summed E-state index contributed by atoms with van der Waals surface area (Å²) in [4.78, 5) is 30.8. The van der Waals surface area contributed by atoms with Crippen LogP contribution in [-0.4, -0.2) is 46.4 Å². The molecule has 4 aliphatic rings. The largest absolute Gasteiger partial charge is 0.360 e. The standard InChI is InChI=1S/C26H26N2O3/c1-17-6-8-18(9-7-17)11-13-27-16-26-12-10-21(31-26)22(23(26)25(27)30)24(29)28-14-19-4-2-3-5-20(19)15-28/h2-10,12,21-23H,11,13-16H2,1H3/t21-,22+,23+,26-/m0/s1. The topological polar surface area (TPSA) is 49.9 Å². The molecule has 4 aliphatic heterocycles. The number of likely N-dealkylation sites (tertiary alicyclic amines) is 1. The van der Waals surface area contributed by atoms with Crippen molar-refractivity contribution in [3.8, 4) is 0 Å². The van der Waals surface area contributed by atoms with Crippen LogP contribution in [0.15, 0.2) is 60.7 Å². The lowest BCUT2D eigenvalue weighted by Crippen LogP contribution is -2.44. The van der Waals surface area contributed by atoms with Gasteiger partial charge in [0, 0.05) is 19.6 Å². The smallest absolute Gasteiger partial charge is 0.230 e. The van der Waals surface area contributed by atoms with Gasteiger partial charge in [0.1, 0.15) is 5.60 Å². The zero-order valence-electron chi connectivity index (χ0n) is 17.7. The van der Waals surface area contributed by atoms with E-state index in [2.05, 4.69) is 43.3 Å². The van der Waals surface area contributed by atoms with E-state index in [0.717, 1.165) is 6.42 Å². The first-order valence-corrected chi connectivity index (χ1v) is 11.1. The summed E-state index contributed by atoms with van der Waals surface area (Å²) >= 11 is 0. The summed E-state index contributed by atoms with van der Waals surface area (Å²) in [6.45, 7) is 4.50. The molecule has 2 saturated heterocycles. The minimum absolute atomic E-state index is 0.0474. The molecule has 0 saturated carbocycles. The first-order chi connectivity index (χ1) is 15.0. The Morgan fingerprint density at radius 2 is 1.81 bits per heavy atom. The van der Waals surface area contributed by atoms with Gasteiger partial charge in [0.25, 0.3) is 0 Å². The monoisotopic (exact) mass is 414 g/mol. The van der Waals surface area contributed by atoms with Crippen LogP contribution in [0.5, 0.6) is 0 Å². The quantitative estimate of drug-likeness (QED) is 0.723. The van der Waals surface area contributed by atoms with Crippen molar-refractivity contribution < 1.29 is 14.3 Å². The molecule has 0 aromatic heterocycles. The number of carbonyl (C=O) groups excluding carboxylic acids is 2. The van der Waals surface area contributed by atoms with Crippen molar-refractivity contribution in [1.29, 1.82) is 0 Å². The molecule has 4 heterocycles. The third-order valence-electron chi connectivity index (χ3n) is 7.41. The Morgan fingerprint density at radius 1 is 1.10 bits per heavy atom. The van der Waals surface area contributed by atoms with Crippen LogP contribution in [0.1, 0.15) is 22.3 Å². The second-order valence-electron chi connectivity index (χ2n) is 9.36. The van der Waals surface area contributed by atoms with Gasteiger partial charge in [0.05, 0.1) is 24.5 Å². The third-order valence-corrected chi connectivity index (χ3v) is 7.41. The third kappa shape index (κ3) is 2.87. The van der Waals surface area contributed by atoms with E-state index in [9.17, 15) is 9.59 Å². The molecule has 2 amide bonds. The number of aryl methyl sites for hydroxylation is 1. The Kier molecular flexibility index (Phi) is 4.12. The predicted molar refractivity (Wildman–Crippen MR) is 116 cm³/mol. The summed E-state index contributed by atoms with van der Waals surface area (Å²) < 4.78 is 6.30. The number of hydrogen-bond acceptors (Lipinski definition) is 3. The maximum Gasteiger partial charge on any atom is 0.230 e. The van der Waals surface area contributed by atoms with Gasteiger partial charge >= 0.3 is 0 Å². The lowest BCUT2D eigenvalue weighted by molar-refractivity contribution is -0.143. The number of carbonyl (C=O) groups is 2. The number of ether oxygens (including phenoxy) is 1. The molecule has 0 radical (unpaired) electrons. The minimum atomic E-state index is -0.637. The molecule has 2 aromatic rings. The van der Waals surface area contributed by atoms with Gasteiger partial charge in [-0.3, -0.25) is 9.59 Å². The summed E-state index contributed by atoms with van der Waals surface area (Å²) in [6.07, 6.45) is 4.56. The van der Waals surface area contributed by atoms with Crippen molar-refractivity contribution >= 4 is 11.8 Å². The Labute approximate surface area is 182 Å². The molecule has 0 unspecified atom stereocenters. The van der Waals surface area contributed by atoms with Gasteiger partial charge in [-0.2, -0.15) is 0 Å². The van der Waals surface area contributed by atoms with Crippen LogP contribution in [0.25, 0.3) is 0 Å². The summed E-state index contributed by atoms with van der Waals surface area (Å²) in [5, 5.41) is 0. The average Bonchev–Trinajstić information content (AvgIpc) is 3.52. The SMILES string of the molecule is Cc1ccc(CCN2C[C@]34C=C[C@H](O3)[C@@H](C(=O)N3Cc5ccccc5C3)[C@@H]4C2=O)cc1. The van der Waals surface area contributed by atoms with Crippen molar-refractivity contribution in [3.63, 3.8) is 0 Å². The molecule has 31 heavy (non-hydrogen) atoms. The van der Waals surface area contributed by atoms with Gasteiger partial charge in [-0.25, -0.2) is 0 Å². The molecular formula is C26H26N2O3. The van der Waals surface area contributed by atoms with Crippen LogP contribution >= 0.6 is 0 Å². The molecule has 5 heteroatoms. The molecule has 4 atom stereocenters. The van der Waals surface area contributed by atoms with E-state index >= 15 is 0 Å². The Hall–Kier alpha value is -2.92. The number of nitrogens with zero attached hydrogens (tertiary/aromatic N) is 2.